The maximum absolute atomic E-state index is 12.8. The smallest absolute Gasteiger partial charge is 0.323 e. The number of nitrogens with zero attached hydrogens (tertiary/aromatic N) is 1. The molecule has 1 atom stereocenters. The van der Waals surface area contributed by atoms with Crippen molar-refractivity contribution in [3.63, 3.8) is 0 Å². The van der Waals surface area contributed by atoms with Gasteiger partial charge in [-0.15, -0.1) is 0 Å². The van der Waals surface area contributed by atoms with Gasteiger partial charge in [0.1, 0.15) is 12.3 Å². The Morgan fingerprint density at radius 3 is 2.45 bits per heavy atom. The summed E-state index contributed by atoms with van der Waals surface area (Å²) < 4.78 is 33.3. The van der Waals surface area contributed by atoms with Crippen LogP contribution in [-0.2, 0) is 30.8 Å². The van der Waals surface area contributed by atoms with E-state index in [1.165, 1.54) is 30.3 Å². The summed E-state index contributed by atoms with van der Waals surface area (Å²) in [5, 5.41) is 18.0. The first-order valence-corrected chi connectivity index (χ1v) is 10.7. The van der Waals surface area contributed by atoms with E-state index in [9.17, 15) is 22.8 Å². The van der Waals surface area contributed by atoms with E-state index in [0.29, 0.717) is 6.42 Å². The number of hydrogen-bond acceptors (Lipinski definition) is 6. The summed E-state index contributed by atoms with van der Waals surface area (Å²) in [6.45, 7) is 0.622. The van der Waals surface area contributed by atoms with Gasteiger partial charge >= 0.3 is 11.9 Å². The van der Waals surface area contributed by atoms with Crippen LogP contribution in [0.3, 0.4) is 0 Å². The number of fused-ring (bicyclic) bond motifs is 1. The lowest BCUT2D eigenvalue weighted by Crippen LogP contribution is -2.42. The van der Waals surface area contributed by atoms with E-state index in [-0.39, 0.29) is 28.6 Å². The van der Waals surface area contributed by atoms with Crippen LogP contribution in [0.15, 0.2) is 47.4 Å². The zero-order chi connectivity index (χ0) is 22.8. The third-order valence-corrected chi connectivity index (χ3v) is 6.03. The Morgan fingerprint density at radius 2 is 1.84 bits per heavy atom. The van der Waals surface area contributed by atoms with E-state index < -0.39 is 40.3 Å². The van der Waals surface area contributed by atoms with Crippen molar-refractivity contribution in [2.75, 3.05) is 22.8 Å². The van der Waals surface area contributed by atoms with Gasteiger partial charge in [0.15, 0.2) is 6.61 Å². The summed E-state index contributed by atoms with van der Waals surface area (Å²) in [7, 11) is -4.05. The van der Waals surface area contributed by atoms with Crippen molar-refractivity contribution in [1.82, 2.24) is 0 Å². The normalized spacial score (nSPS) is 14.4. The lowest BCUT2D eigenvalue weighted by Gasteiger charge is -2.28. The Morgan fingerprint density at radius 1 is 1.16 bits per heavy atom. The molecular formula is C20H20N2O8S. The van der Waals surface area contributed by atoms with Crippen LogP contribution < -0.4 is 14.4 Å². The Labute approximate surface area is 178 Å². The van der Waals surface area contributed by atoms with Gasteiger partial charge in [-0.1, -0.05) is 19.1 Å². The number of aliphatic carboxylic acids is 2. The van der Waals surface area contributed by atoms with Gasteiger partial charge in [-0.2, -0.15) is 0 Å². The summed E-state index contributed by atoms with van der Waals surface area (Å²) in [5.41, 5.74) is 1.06. The largest absolute Gasteiger partial charge is 0.482 e. The van der Waals surface area contributed by atoms with Crippen LogP contribution in [0.4, 0.5) is 11.4 Å². The van der Waals surface area contributed by atoms with Gasteiger partial charge < -0.3 is 14.9 Å². The highest BCUT2D eigenvalue weighted by molar-refractivity contribution is 7.92. The molecule has 0 unspecified atom stereocenters. The monoisotopic (exact) mass is 448 g/mol. The summed E-state index contributed by atoms with van der Waals surface area (Å²) in [6, 6.07) is 10.1. The van der Waals surface area contributed by atoms with Crippen LogP contribution in [0.2, 0.25) is 0 Å². The molecule has 0 aliphatic carbocycles. The molecule has 10 nitrogen and oxygen atoms in total. The highest BCUT2D eigenvalue weighted by Crippen LogP contribution is 2.34. The van der Waals surface area contributed by atoms with Gasteiger partial charge in [0.2, 0.25) is 0 Å². The van der Waals surface area contributed by atoms with Crippen LogP contribution >= 0.6 is 0 Å². The maximum atomic E-state index is 12.8. The highest BCUT2D eigenvalue weighted by atomic mass is 32.2. The van der Waals surface area contributed by atoms with Crippen LogP contribution in [0.1, 0.15) is 12.5 Å². The van der Waals surface area contributed by atoms with Gasteiger partial charge in [-0.3, -0.25) is 24.0 Å². The highest BCUT2D eigenvalue weighted by Gasteiger charge is 2.29. The second-order valence-corrected chi connectivity index (χ2v) is 8.72. The minimum Gasteiger partial charge on any atom is -0.482 e. The van der Waals surface area contributed by atoms with Gasteiger partial charge in [0.25, 0.3) is 15.9 Å². The van der Waals surface area contributed by atoms with Gasteiger partial charge in [-0.25, -0.2) is 8.42 Å². The molecule has 2 aromatic carbocycles. The molecule has 0 saturated carbocycles. The molecule has 1 aliphatic rings. The predicted molar refractivity (Wildman–Crippen MR) is 110 cm³/mol. The zero-order valence-electron chi connectivity index (χ0n) is 16.4. The number of carbonyl (C=O) groups is 3. The Balaban J connectivity index is 1.82. The van der Waals surface area contributed by atoms with Gasteiger partial charge in [0, 0.05) is 5.69 Å². The molecule has 0 spiro atoms. The van der Waals surface area contributed by atoms with Crippen molar-refractivity contribution >= 4 is 39.2 Å². The number of nitrogens with one attached hydrogen (secondary N) is 1. The lowest BCUT2D eigenvalue weighted by atomic mass is 10.0. The van der Waals surface area contributed by atoms with Crippen molar-refractivity contribution in [3.8, 4) is 5.75 Å². The first kappa shape index (κ1) is 22.1. The fourth-order valence-corrected chi connectivity index (χ4v) is 4.10. The second-order valence-electron chi connectivity index (χ2n) is 7.04. The third-order valence-electron chi connectivity index (χ3n) is 4.65. The molecule has 31 heavy (non-hydrogen) atoms. The molecule has 3 rings (SSSR count). The quantitative estimate of drug-likeness (QED) is 0.551. The first-order valence-electron chi connectivity index (χ1n) is 9.20. The summed E-state index contributed by atoms with van der Waals surface area (Å²) in [4.78, 5) is 34.9. The van der Waals surface area contributed by atoms with E-state index in [1.54, 1.807) is 19.1 Å². The van der Waals surface area contributed by atoms with Crippen molar-refractivity contribution < 1.29 is 37.8 Å². The number of carboxylic acid groups (broad SMARTS) is 2. The van der Waals surface area contributed by atoms with Gasteiger partial charge in [-0.05, 0) is 42.3 Å². The molecule has 0 bridgehead atoms. The van der Waals surface area contributed by atoms with E-state index in [1.807, 2.05) is 0 Å². The molecular weight excluding hydrogens is 428 g/mol. The molecule has 2 aromatic rings. The Hall–Kier alpha value is -3.60. The van der Waals surface area contributed by atoms with Crippen LogP contribution in [-0.4, -0.2) is 49.6 Å². The minimum absolute atomic E-state index is 0.0551. The summed E-state index contributed by atoms with van der Waals surface area (Å²) >= 11 is 0. The van der Waals surface area contributed by atoms with Crippen molar-refractivity contribution in [1.29, 1.82) is 0 Å². The fraction of sp³-hybridized carbons (Fsp3) is 0.250. The molecule has 0 radical (unpaired) electrons. The van der Waals surface area contributed by atoms with Crippen LogP contribution in [0.25, 0.3) is 0 Å². The lowest BCUT2D eigenvalue weighted by molar-refractivity contribution is -0.141. The predicted octanol–water partition coefficient (Wildman–Crippen LogP) is 1.56. The number of sulfonamides is 1. The molecule has 1 aliphatic heterocycles. The number of anilines is 2. The number of hydrogen-bond donors (Lipinski definition) is 3. The summed E-state index contributed by atoms with van der Waals surface area (Å²) in [5.74, 6) is -3.13. The standard InChI is InChI=1S/C20H20N2O8S/c1-12(20(26)27)8-13-2-4-14(5-3-13)21-31(28,29)15-6-7-17-16(9-15)22(10-19(24)25)18(23)11-30-17/h2-7,9,12,21H,8,10-11H2,1H3,(H,24,25)(H,26,27)/t12-/m1/s1. The Bertz CT molecular complexity index is 1130. The molecule has 164 valence electrons. The van der Waals surface area contributed by atoms with E-state index in [0.717, 1.165) is 10.5 Å². The first-order chi connectivity index (χ1) is 14.6. The molecule has 1 amide bonds. The fourth-order valence-electron chi connectivity index (χ4n) is 3.02. The van der Waals surface area contributed by atoms with Gasteiger partial charge in [0.05, 0.1) is 16.5 Å². The van der Waals surface area contributed by atoms with Crippen molar-refractivity contribution in [2.45, 2.75) is 18.2 Å². The third kappa shape index (κ3) is 5.12. The average Bonchev–Trinajstić information content (AvgIpc) is 2.70. The van der Waals surface area contributed by atoms with E-state index >= 15 is 0 Å². The van der Waals surface area contributed by atoms with Crippen LogP contribution in [0.5, 0.6) is 5.75 Å². The number of ether oxygens (including phenoxy) is 1. The Kier molecular flexibility index (Phi) is 6.16. The molecule has 0 saturated heterocycles. The molecule has 0 fully saturated rings. The topological polar surface area (TPSA) is 150 Å². The minimum atomic E-state index is -4.05. The molecule has 0 aromatic heterocycles. The number of carboxylic acids is 2. The van der Waals surface area contributed by atoms with E-state index in [4.69, 9.17) is 14.9 Å². The zero-order valence-corrected chi connectivity index (χ0v) is 17.3. The summed E-state index contributed by atoms with van der Waals surface area (Å²) in [6.07, 6.45) is 0.306. The number of amides is 1. The SMILES string of the molecule is C[C@H](Cc1ccc(NS(=O)(=O)c2ccc3c(c2)N(CC(=O)O)C(=O)CO3)cc1)C(=O)O. The van der Waals surface area contributed by atoms with Crippen molar-refractivity contribution in [3.05, 3.63) is 48.0 Å². The number of benzene rings is 2. The molecule has 1 heterocycles. The number of rotatable bonds is 8. The molecule has 11 heteroatoms. The van der Waals surface area contributed by atoms with Crippen LogP contribution in [0, 0.1) is 5.92 Å². The maximum Gasteiger partial charge on any atom is 0.323 e. The van der Waals surface area contributed by atoms with E-state index in [2.05, 4.69) is 4.72 Å². The molecule has 3 N–H and O–H groups in total. The average molecular weight is 448 g/mol. The second kappa shape index (κ2) is 8.64. The number of carbonyl (C=O) groups excluding carboxylic acids is 1. The van der Waals surface area contributed by atoms with Crippen molar-refractivity contribution in [2.24, 2.45) is 5.92 Å².